The van der Waals surface area contributed by atoms with Gasteiger partial charge in [-0.1, -0.05) is 6.92 Å². The molecule has 0 heterocycles. The number of aliphatic hydroxyl groups is 1. The average molecular weight is 201 g/mol. The molecule has 5 nitrogen and oxygen atoms in total. The number of aliphatic hydroxyl groups excluding tert-OH is 1. The van der Waals surface area contributed by atoms with E-state index in [1.165, 1.54) is 0 Å². The molecule has 0 fully saturated rings. The van der Waals surface area contributed by atoms with E-state index >= 15 is 0 Å². The topological polar surface area (TPSA) is 86.6 Å². The van der Waals surface area contributed by atoms with Crippen molar-refractivity contribution in [3.8, 4) is 0 Å². The van der Waals surface area contributed by atoms with Crippen molar-refractivity contribution in [2.45, 2.75) is 19.9 Å². The molecule has 1 amide bonds. The zero-order chi connectivity index (χ0) is 11.1. The Morgan fingerprint density at radius 3 is 2.36 bits per heavy atom. The quantitative estimate of drug-likeness (QED) is 0.536. The maximum atomic E-state index is 11.0. The van der Waals surface area contributed by atoms with Crippen molar-refractivity contribution in [2.75, 3.05) is 6.61 Å². The Balaban J connectivity index is 4.00. The lowest BCUT2D eigenvalue weighted by molar-refractivity contribution is -0.131. The third kappa shape index (κ3) is 5.31. The van der Waals surface area contributed by atoms with Gasteiger partial charge in [-0.2, -0.15) is 0 Å². The van der Waals surface area contributed by atoms with E-state index in [-0.39, 0.29) is 18.6 Å². The molecule has 0 aliphatic carbocycles. The summed E-state index contributed by atoms with van der Waals surface area (Å²) >= 11 is 0. The SMILES string of the molecule is CC(CO)C(C)NC(=O)/C=C/C(=O)O. The van der Waals surface area contributed by atoms with Crippen molar-refractivity contribution in [2.24, 2.45) is 5.92 Å². The molecule has 0 aliphatic heterocycles. The molecule has 5 heteroatoms. The molecule has 0 radical (unpaired) electrons. The molecule has 0 aromatic carbocycles. The highest BCUT2D eigenvalue weighted by Crippen LogP contribution is 2.00. The van der Waals surface area contributed by atoms with Crippen molar-refractivity contribution >= 4 is 11.9 Å². The fraction of sp³-hybridized carbons (Fsp3) is 0.556. The van der Waals surface area contributed by atoms with E-state index in [2.05, 4.69) is 5.32 Å². The molecule has 0 spiro atoms. The molecule has 0 aromatic rings. The van der Waals surface area contributed by atoms with Gasteiger partial charge in [0, 0.05) is 24.8 Å². The van der Waals surface area contributed by atoms with Crippen LogP contribution in [-0.4, -0.2) is 34.7 Å². The summed E-state index contributed by atoms with van der Waals surface area (Å²) in [4.78, 5) is 21.1. The van der Waals surface area contributed by atoms with Crippen LogP contribution in [0.5, 0.6) is 0 Å². The summed E-state index contributed by atoms with van der Waals surface area (Å²) in [5.74, 6) is -1.69. The van der Waals surface area contributed by atoms with Gasteiger partial charge in [0.1, 0.15) is 0 Å². The summed E-state index contributed by atoms with van der Waals surface area (Å²) in [6.45, 7) is 3.50. The van der Waals surface area contributed by atoms with Crippen LogP contribution in [0.25, 0.3) is 0 Å². The summed E-state index contributed by atoms with van der Waals surface area (Å²) in [7, 11) is 0. The Labute approximate surface area is 82.4 Å². The molecule has 0 aliphatic rings. The molecule has 2 unspecified atom stereocenters. The lowest BCUT2D eigenvalue weighted by atomic mass is 10.1. The standard InChI is InChI=1S/C9H15NO4/c1-6(5-11)7(2)10-8(12)3-4-9(13)14/h3-4,6-7,11H,5H2,1-2H3,(H,10,12)(H,13,14)/b4-3+. The first kappa shape index (κ1) is 12.6. The number of carboxylic acids is 1. The first-order valence-electron chi connectivity index (χ1n) is 4.29. The molecule has 80 valence electrons. The van der Waals surface area contributed by atoms with Crippen LogP contribution < -0.4 is 5.32 Å². The van der Waals surface area contributed by atoms with Gasteiger partial charge in [0.15, 0.2) is 0 Å². The van der Waals surface area contributed by atoms with Gasteiger partial charge in [0.05, 0.1) is 0 Å². The van der Waals surface area contributed by atoms with E-state index in [4.69, 9.17) is 10.2 Å². The van der Waals surface area contributed by atoms with Gasteiger partial charge in [-0.05, 0) is 12.8 Å². The van der Waals surface area contributed by atoms with Crippen LogP contribution in [0, 0.1) is 5.92 Å². The Morgan fingerprint density at radius 1 is 1.36 bits per heavy atom. The fourth-order valence-corrected chi connectivity index (χ4v) is 0.720. The van der Waals surface area contributed by atoms with Gasteiger partial charge in [-0.3, -0.25) is 4.79 Å². The van der Waals surface area contributed by atoms with E-state index in [0.717, 1.165) is 12.2 Å². The predicted octanol–water partition coefficient (Wildman–Crippen LogP) is -0.240. The Morgan fingerprint density at radius 2 is 1.93 bits per heavy atom. The number of nitrogens with one attached hydrogen (secondary N) is 1. The highest BCUT2D eigenvalue weighted by atomic mass is 16.4. The molecule has 2 atom stereocenters. The van der Waals surface area contributed by atoms with Gasteiger partial charge >= 0.3 is 5.97 Å². The maximum Gasteiger partial charge on any atom is 0.328 e. The van der Waals surface area contributed by atoms with Gasteiger partial charge in [-0.15, -0.1) is 0 Å². The second kappa shape index (κ2) is 6.15. The lowest BCUT2D eigenvalue weighted by Crippen LogP contribution is -2.37. The second-order valence-electron chi connectivity index (χ2n) is 3.13. The van der Waals surface area contributed by atoms with Crippen LogP contribution in [0.3, 0.4) is 0 Å². The van der Waals surface area contributed by atoms with Crippen molar-refractivity contribution in [3.05, 3.63) is 12.2 Å². The van der Waals surface area contributed by atoms with Gasteiger partial charge in [0.25, 0.3) is 0 Å². The molecule has 0 rings (SSSR count). The number of hydrogen-bond donors (Lipinski definition) is 3. The number of aliphatic carboxylic acids is 1. The van der Waals surface area contributed by atoms with Crippen molar-refractivity contribution in [1.29, 1.82) is 0 Å². The van der Waals surface area contributed by atoms with Crippen LogP contribution >= 0.6 is 0 Å². The lowest BCUT2D eigenvalue weighted by Gasteiger charge is -2.17. The molecule has 3 N–H and O–H groups in total. The van der Waals surface area contributed by atoms with Crippen LogP contribution in [0.1, 0.15) is 13.8 Å². The molecule has 0 aromatic heterocycles. The van der Waals surface area contributed by atoms with Gasteiger partial charge < -0.3 is 15.5 Å². The monoisotopic (exact) mass is 201 g/mol. The number of amides is 1. The van der Waals surface area contributed by atoms with Crippen LogP contribution in [0.2, 0.25) is 0 Å². The largest absolute Gasteiger partial charge is 0.478 e. The van der Waals surface area contributed by atoms with Crippen LogP contribution in [0.4, 0.5) is 0 Å². The number of carboxylic acid groups (broad SMARTS) is 1. The second-order valence-corrected chi connectivity index (χ2v) is 3.13. The highest BCUT2D eigenvalue weighted by molar-refractivity contribution is 5.93. The average Bonchev–Trinajstić information content (AvgIpc) is 2.13. The third-order valence-corrected chi connectivity index (χ3v) is 1.89. The van der Waals surface area contributed by atoms with Crippen LogP contribution in [-0.2, 0) is 9.59 Å². The summed E-state index contributed by atoms with van der Waals surface area (Å²) in [6, 6.07) is -0.189. The summed E-state index contributed by atoms with van der Waals surface area (Å²) in [6.07, 6.45) is 1.72. The van der Waals surface area contributed by atoms with E-state index in [1.54, 1.807) is 13.8 Å². The minimum absolute atomic E-state index is 0.0237. The first-order chi connectivity index (χ1) is 6.47. The maximum absolute atomic E-state index is 11.0. The van der Waals surface area contributed by atoms with E-state index in [0.29, 0.717) is 0 Å². The number of carbonyl (C=O) groups excluding carboxylic acids is 1. The number of carbonyl (C=O) groups is 2. The number of rotatable bonds is 5. The van der Waals surface area contributed by atoms with Crippen LogP contribution in [0.15, 0.2) is 12.2 Å². The van der Waals surface area contributed by atoms with E-state index < -0.39 is 11.9 Å². The summed E-state index contributed by atoms with van der Waals surface area (Å²) in [5.41, 5.74) is 0. The molecule has 0 saturated heterocycles. The molecule has 0 saturated carbocycles. The molecule has 14 heavy (non-hydrogen) atoms. The molecular formula is C9H15NO4. The minimum atomic E-state index is -1.16. The zero-order valence-corrected chi connectivity index (χ0v) is 8.23. The smallest absolute Gasteiger partial charge is 0.328 e. The predicted molar refractivity (Wildman–Crippen MR) is 50.6 cm³/mol. The summed E-state index contributed by atoms with van der Waals surface area (Å²) < 4.78 is 0. The van der Waals surface area contributed by atoms with E-state index in [9.17, 15) is 9.59 Å². The van der Waals surface area contributed by atoms with Gasteiger partial charge in [0.2, 0.25) is 5.91 Å². The van der Waals surface area contributed by atoms with Crippen molar-refractivity contribution in [1.82, 2.24) is 5.32 Å². The zero-order valence-electron chi connectivity index (χ0n) is 8.23. The highest BCUT2D eigenvalue weighted by Gasteiger charge is 2.12. The first-order valence-corrected chi connectivity index (χ1v) is 4.29. The number of hydrogen-bond acceptors (Lipinski definition) is 3. The Bertz CT molecular complexity index is 237. The minimum Gasteiger partial charge on any atom is -0.478 e. The molecular weight excluding hydrogens is 186 g/mol. The Kier molecular flexibility index (Phi) is 5.55. The Hall–Kier alpha value is -1.36. The fourth-order valence-electron chi connectivity index (χ4n) is 0.720. The van der Waals surface area contributed by atoms with Crippen molar-refractivity contribution < 1.29 is 19.8 Å². The molecule has 0 bridgehead atoms. The van der Waals surface area contributed by atoms with E-state index in [1.807, 2.05) is 0 Å². The normalized spacial score (nSPS) is 15.1. The van der Waals surface area contributed by atoms with Gasteiger partial charge in [-0.25, -0.2) is 4.79 Å². The summed E-state index contributed by atoms with van der Waals surface area (Å²) in [5, 5.41) is 19.6. The van der Waals surface area contributed by atoms with Crippen molar-refractivity contribution in [3.63, 3.8) is 0 Å². The third-order valence-electron chi connectivity index (χ3n) is 1.89.